The topological polar surface area (TPSA) is 99.8 Å². The molecule has 4 amide bonds. The van der Waals surface area contributed by atoms with E-state index in [0.717, 1.165) is 5.56 Å². The number of amides is 4. The highest BCUT2D eigenvalue weighted by atomic mass is 19.1. The molecular formula is C26H33FN4O4. The first-order valence-electron chi connectivity index (χ1n) is 11.8. The molecule has 1 aliphatic rings. The number of rotatable bonds is 9. The van der Waals surface area contributed by atoms with Gasteiger partial charge in [-0.25, -0.2) is 9.18 Å². The summed E-state index contributed by atoms with van der Waals surface area (Å²) >= 11 is 0. The van der Waals surface area contributed by atoms with Crippen LogP contribution in [0.4, 0.5) is 14.9 Å². The van der Waals surface area contributed by atoms with E-state index in [1.54, 1.807) is 18.1 Å². The van der Waals surface area contributed by atoms with E-state index in [4.69, 9.17) is 4.74 Å². The number of anilines is 1. The number of benzene rings is 2. The summed E-state index contributed by atoms with van der Waals surface area (Å²) in [7, 11) is 1.59. The first-order chi connectivity index (χ1) is 16.9. The Morgan fingerprint density at radius 1 is 1.09 bits per heavy atom. The fraction of sp³-hybridized carbons (Fsp3) is 0.423. The molecule has 0 unspecified atom stereocenters. The van der Waals surface area contributed by atoms with Crippen LogP contribution >= 0.6 is 0 Å². The number of halogens is 1. The maximum absolute atomic E-state index is 14.1. The lowest BCUT2D eigenvalue weighted by Crippen LogP contribution is -2.54. The van der Waals surface area contributed by atoms with Gasteiger partial charge in [-0.3, -0.25) is 9.59 Å². The summed E-state index contributed by atoms with van der Waals surface area (Å²) in [6.45, 7) is 3.75. The first kappa shape index (κ1) is 26.2. The van der Waals surface area contributed by atoms with Crippen molar-refractivity contribution in [2.45, 2.75) is 32.2 Å². The second-order valence-electron chi connectivity index (χ2n) is 8.69. The molecule has 188 valence electrons. The van der Waals surface area contributed by atoms with E-state index in [1.807, 2.05) is 31.2 Å². The van der Waals surface area contributed by atoms with Crippen molar-refractivity contribution in [1.29, 1.82) is 0 Å². The SMILES string of the molecule is COCCCNC(=O)[C@@H](NC(=O)c1ccccc1F)C1CCN(C(=O)Nc2ccc(C)cc2)CC1. The number of nitrogens with one attached hydrogen (secondary N) is 3. The average Bonchev–Trinajstić information content (AvgIpc) is 2.86. The van der Waals surface area contributed by atoms with Gasteiger partial charge in [0.25, 0.3) is 5.91 Å². The second-order valence-corrected chi connectivity index (χ2v) is 8.69. The summed E-state index contributed by atoms with van der Waals surface area (Å²) in [5.74, 6) is -1.81. The summed E-state index contributed by atoms with van der Waals surface area (Å²) in [6, 6.07) is 12.2. The van der Waals surface area contributed by atoms with Crippen LogP contribution in [0.2, 0.25) is 0 Å². The fourth-order valence-electron chi connectivity index (χ4n) is 4.08. The zero-order chi connectivity index (χ0) is 25.2. The minimum Gasteiger partial charge on any atom is -0.385 e. The van der Waals surface area contributed by atoms with Crippen molar-refractivity contribution < 1.29 is 23.5 Å². The Kier molecular flexibility index (Phi) is 9.60. The molecule has 1 fully saturated rings. The van der Waals surface area contributed by atoms with Gasteiger partial charge in [0, 0.05) is 39.0 Å². The molecule has 2 aromatic carbocycles. The Labute approximate surface area is 205 Å². The van der Waals surface area contributed by atoms with Crippen LogP contribution in [-0.4, -0.2) is 62.1 Å². The monoisotopic (exact) mass is 484 g/mol. The number of aryl methyl sites for hydroxylation is 1. The molecule has 0 radical (unpaired) electrons. The largest absolute Gasteiger partial charge is 0.385 e. The molecule has 2 aromatic rings. The van der Waals surface area contributed by atoms with E-state index in [0.29, 0.717) is 51.2 Å². The van der Waals surface area contributed by atoms with Crippen molar-refractivity contribution in [2.24, 2.45) is 5.92 Å². The van der Waals surface area contributed by atoms with Crippen molar-refractivity contribution in [1.82, 2.24) is 15.5 Å². The molecule has 1 heterocycles. The van der Waals surface area contributed by atoms with Crippen LogP contribution in [0.25, 0.3) is 0 Å². The van der Waals surface area contributed by atoms with Gasteiger partial charge in [0.05, 0.1) is 5.56 Å². The molecule has 0 aliphatic carbocycles. The normalized spacial score (nSPS) is 14.8. The molecule has 9 heteroatoms. The molecule has 35 heavy (non-hydrogen) atoms. The molecule has 0 aromatic heterocycles. The number of carbonyl (C=O) groups excluding carboxylic acids is 3. The molecule has 1 aliphatic heterocycles. The predicted octanol–water partition coefficient (Wildman–Crippen LogP) is 3.33. The highest BCUT2D eigenvalue weighted by molar-refractivity contribution is 5.98. The molecular weight excluding hydrogens is 451 g/mol. The number of ether oxygens (including phenoxy) is 1. The molecule has 0 spiro atoms. The number of likely N-dealkylation sites (tertiary alicyclic amines) is 1. The Morgan fingerprint density at radius 3 is 2.43 bits per heavy atom. The lowest BCUT2D eigenvalue weighted by molar-refractivity contribution is -0.124. The van der Waals surface area contributed by atoms with Gasteiger partial charge in [0.15, 0.2) is 0 Å². The summed E-state index contributed by atoms with van der Waals surface area (Å²) in [5.41, 5.74) is 1.71. The third-order valence-electron chi connectivity index (χ3n) is 6.11. The molecule has 0 bridgehead atoms. The molecule has 3 N–H and O–H groups in total. The van der Waals surface area contributed by atoms with E-state index in [2.05, 4.69) is 16.0 Å². The molecule has 0 saturated carbocycles. The Hall–Kier alpha value is -3.46. The van der Waals surface area contributed by atoms with E-state index in [1.165, 1.54) is 18.2 Å². The Morgan fingerprint density at radius 2 is 1.77 bits per heavy atom. The van der Waals surface area contributed by atoms with Crippen molar-refractivity contribution >= 4 is 23.5 Å². The summed E-state index contributed by atoms with van der Waals surface area (Å²) < 4.78 is 19.1. The number of piperidine rings is 1. The van der Waals surface area contributed by atoms with Gasteiger partial charge in [-0.15, -0.1) is 0 Å². The van der Waals surface area contributed by atoms with Gasteiger partial charge >= 0.3 is 6.03 Å². The fourth-order valence-corrected chi connectivity index (χ4v) is 4.08. The van der Waals surface area contributed by atoms with E-state index >= 15 is 0 Å². The zero-order valence-corrected chi connectivity index (χ0v) is 20.2. The number of nitrogens with zero attached hydrogens (tertiary/aromatic N) is 1. The van der Waals surface area contributed by atoms with Crippen LogP contribution in [0.1, 0.15) is 35.2 Å². The smallest absolute Gasteiger partial charge is 0.321 e. The van der Waals surface area contributed by atoms with E-state index in [-0.39, 0.29) is 23.4 Å². The summed E-state index contributed by atoms with van der Waals surface area (Å²) in [6.07, 6.45) is 1.68. The molecule has 1 atom stereocenters. The predicted molar refractivity (Wildman–Crippen MR) is 132 cm³/mol. The van der Waals surface area contributed by atoms with Crippen LogP contribution in [-0.2, 0) is 9.53 Å². The minimum absolute atomic E-state index is 0.111. The van der Waals surface area contributed by atoms with Gasteiger partial charge in [0.2, 0.25) is 5.91 Å². The average molecular weight is 485 g/mol. The molecule has 3 rings (SSSR count). The van der Waals surface area contributed by atoms with Crippen molar-refractivity contribution in [3.63, 3.8) is 0 Å². The third-order valence-corrected chi connectivity index (χ3v) is 6.11. The van der Waals surface area contributed by atoms with Crippen molar-refractivity contribution in [3.8, 4) is 0 Å². The third kappa shape index (κ3) is 7.51. The highest BCUT2D eigenvalue weighted by Crippen LogP contribution is 2.23. The quantitative estimate of drug-likeness (QED) is 0.476. The Balaban J connectivity index is 1.63. The van der Waals surface area contributed by atoms with Gasteiger partial charge < -0.3 is 25.6 Å². The van der Waals surface area contributed by atoms with E-state index < -0.39 is 17.8 Å². The number of carbonyl (C=O) groups is 3. The van der Waals surface area contributed by atoms with Crippen LogP contribution < -0.4 is 16.0 Å². The maximum atomic E-state index is 14.1. The Bertz CT molecular complexity index is 1010. The highest BCUT2D eigenvalue weighted by Gasteiger charge is 2.34. The second kappa shape index (κ2) is 12.9. The number of hydrogen-bond donors (Lipinski definition) is 3. The molecule has 8 nitrogen and oxygen atoms in total. The number of methoxy groups -OCH3 is 1. The van der Waals surface area contributed by atoms with Crippen LogP contribution in [0.5, 0.6) is 0 Å². The van der Waals surface area contributed by atoms with Crippen molar-refractivity contribution in [3.05, 3.63) is 65.5 Å². The van der Waals surface area contributed by atoms with Gasteiger partial charge in [-0.05, 0) is 56.4 Å². The lowest BCUT2D eigenvalue weighted by atomic mass is 9.88. The number of urea groups is 1. The summed E-state index contributed by atoms with van der Waals surface area (Å²) in [4.78, 5) is 40.1. The zero-order valence-electron chi connectivity index (χ0n) is 20.2. The minimum atomic E-state index is -0.841. The maximum Gasteiger partial charge on any atom is 0.321 e. The van der Waals surface area contributed by atoms with Crippen molar-refractivity contribution in [2.75, 3.05) is 38.7 Å². The molecule has 1 saturated heterocycles. The standard InChI is InChI=1S/C26H33FN4O4/c1-18-8-10-20(11-9-18)29-26(34)31-15-12-19(13-16-31)23(25(33)28-14-5-17-35-2)30-24(32)21-6-3-4-7-22(21)27/h3-4,6-11,19,23H,5,12-17H2,1-2H3,(H,28,33)(H,29,34)(H,30,32)/t23-/m0/s1. The van der Waals surface area contributed by atoms with Crippen LogP contribution in [0.3, 0.4) is 0 Å². The van der Waals surface area contributed by atoms with Crippen LogP contribution in [0, 0.1) is 18.7 Å². The van der Waals surface area contributed by atoms with Gasteiger partial charge in [0.1, 0.15) is 11.9 Å². The van der Waals surface area contributed by atoms with Gasteiger partial charge in [-0.2, -0.15) is 0 Å². The number of hydrogen-bond acceptors (Lipinski definition) is 4. The van der Waals surface area contributed by atoms with Crippen LogP contribution in [0.15, 0.2) is 48.5 Å². The lowest BCUT2D eigenvalue weighted by Gasteiger charge is -2.35. The van der Waals surface area contributed by atoms with Gasteiger partial charge in [-0.1, -0.05) is 29.8 Å². The first-order valence-corrected chi connectivity index (χ1v) is 11.8. The van der Waals surface area contributed by atoms with E-state index in [9.17, 15) is 18.8 Å². The summed E-state index contributed by atoms with van der Waals surface area (Å²) in [5, 5.41) is 8.46.